The number of amides is 1. The summed E-state index contributed by atoms with van der Waals surface area (Å²) in [5.74, 6) is -1.49. The Morgan fingerprint density at radius 3 is 2.31 bits per heavy atom. The van der Waals surface area contributed by atoms with E-state index in [0.717, 1.165) is 36.0 Å². The molecule has 0 N–H and O–H groups in total. The fraction of sp³-hybridized carbons (Fsp3) is 0.316. The molecule has 26 heavy (non-hydrogen) atoms. The van der Waals surface area contributed by atoms with Crippen molar-refractivity contribution in [2.75, 3.05) is 13.1 Å². The van der Waals surface area contributed by atoms with Gasteiger partial charge in [-0.15, -0.1) is 0 Å². The third-order valence-corrected chi connectivity index (χ3v) is 4.68. The first-order chi connectivity index (χ1) is 12.5. The number of likely N-dealkylation sites (tertiary alicyclic amines) is 1. The van der Waals surface area contributed by atoms with Crippen LogP contribution in [-0.4, -0.2) is 34.2 Å². The molecule has 1 aliphatic heterocycles. The van der Waals surface area contributed by atoms with Crippen LogP contribution in [0.25, 0.3) is 0 Å². The van der Waals surface area contributed by atoms with Gasteiger partial charge in [0.15, 0.2) is 11.8 Å². The van der Waals surface area contributed by atoms with Crippen LogP contribution in [-0.2, 0) is 4.79 Å². The summed E-state index contributed by atoms with van der Waals surface area (Å²) in [6.45, 7) is 1.09. The van der Waals surface area contributed by atoms with E-state index in [9.17, 15) is 18.8 Å². The molecule has 5 nitrogen and oxygen atoms in total. The van der Waals surface area contributed by atoms with Gasteiger partial charge in [-0.3, -0.25) is 19.0 Å². The number of nitrogens with zero attached hydrogens (tertiary/aromatic N) is 2. The standard InChI is InChI=1S/C19H18ClFN2O3/c20-14-6-9-16(24)23(12-14)17(19(26)22-10-2-1-3-11-22)18(25)13-4-7-15(21)8-5-13/h4-9,12,17H,1-3,10-11H2/t17-/m0/s1. The van der Waals surface area contributed by atoms with Gasteiger partial charge in [0, 0.05) is 30.9 Å². The molecule has 136 valence electrons. The Morgan fingerprint density at radius 2 is 1.65 bits per heavy atom. The number of rotatable bonds is 4. The molecule has 0 radical (unpaired) electrons. The number of carbonyl (C=O) groups is 2. The second kappa shape index (κ2) is 7.83. The molecule has 1 aromatic heterocycles. The van der Waals surface area contributed by atoms with Crippen LogP contribution in [0.3, 0.4) is 0 Å². The third-order valence-electron chi connectivity index (χ3n) is 4.46. The Labute approximate surface area is 155 Å². The van der Waals surface area contributed by atoms with Gasteiger partial charge in [-0.25, -0.2) is 4.39 Å². The van der Waals surface area contributed by atoms with Gasteiger partial charge >= 0.3 is 0 Å². The molecule has 0 saturated carbocycles. The predicted molar refractivity (Wildman–Crippen MR) is 95.9 cm³/mol. The van der Waals surface area contributed by atoms with Crippen molar-refractivity contribution in [1.29, 1.82) is 0 Å². The summed E-state index contributed by atoms with van der Waals surface area (Å²) in [6.07, 6.45) is 4.02. The number of pyridine rings is 1. The van der Waals surface area contributed by atoms with Crippen molar-refractivity contribution in [3.05, 3.63) is 69.4 Å². The zero-order chi connectivity index (χ0) is 18.7. The lowest BCUT2D eigenvalue weighted by Crippen LogP contribution is -2.45. The van der Waals surface area contributed by atoms with Gasteiger partial charge in [-0.2, -0.15) is 0 Å². The fourth-order valence-electron chi connectivity index (χ4n) is 3.09. The summed E-state index contributed by atoms with van der Waals surface area (Å²) in [6, 6.07) is 6.19. The lowest BCUT2D eigenvalue weighted by molar-refractivity contribution is -0.134. The second-order valence-corrected chi connectivity index (χ2v) is 6.69. The van der Waals surface area contributed by atoms with Crippen LogP contribution in [0.2, 0.25) is 5.02 Å². The highest BCUT2D eigenvalue weighted by Gasteiger charge is 2.34. The van der Waals surface area contributed by atoms with E-state index in [1.54, 1.807) is 4.90 Å². The lowest BCUT2D eigenvalue weighted by Gasteiger charge is -2.30. The highest BCUT2D eigenvalue weighted by atomic mass is 35.5. The average molecular weight is 377 g/mol. The number of ketones is 1. The highest BCUT2D eigenvalue weighted by Crippen LogP contribution is 2.21. The van der Waals surface area contributed by atoms with E-state index in [1.807, 2.05) is 0 Å². The summed E-state index contributed by atoms with van der Waals surface area (Å²) in [5.41, 5.74) is -0.339. The van der Waals surface area contributed by atoms with E-state index < -0.39 is 29.1 Å². The van der Waals surface area contributed by atoms with E-state index in [-0.39, 0.29) is 10.6 Å². The molecule has 1 saturated heterocycles. The van der Waals surface area contributed by atoms with Crippen LogP contribution in [0.4, 0.5) is 4.39 Å². The normalized spacial score (nSPS) is 15.5. The zero-order valence-corrected chi connectivity index (χ0v) is 14.8. The number of halogens is 2. The van der Waals surface area contributed by atoms with Gasteiger partial charge < -0.3 is 4.90 Å². The van der Waals surface area contributed by atoms with Crippen molar-refractivity contribution >= 4 is 23.3 Å². The number of Topliss-reactive ketones (excluding diaryl/α,β-unsaturated/α-hetero) is 1. The summed E-state index contributed by atoms with van der Waals surface area (Å²) in [5, 5.41) is 0.243. The summed E-state index contributed by atoms with van der Waals surface area (Å²) in [4.78, 5) is 40.0. The average Bonchev–Trinajstić information content (AvgIpc) is 2.66. The minimum atomic E-state index is -1.36. The Bertz CT molecular complexity index is 873. The molecule has 1 amide bonds. The van der Waals surface area contributed by atoms with E-state index in [4.69, 9.17) is 11.6 Å². The number of hydrogen-bond acceptors (Lipinski definition) is 3. The van der Waals surface area contributed by atoms with E-state index in [1.165, 1.54) is 30.5 Å². The molecule has 1 atom stereocenters. The molecule has 2 aromatic rings. The second-order valence-electron chi connectivity index (χ2n) is 6.25. The zero-order valence-electron chi connectivity index (χ0n) is 14.0. The largest absolute Gasteiger partial charge is 0.340 e. The predicted octanol–water partition coefficient (Wildman–Crippen LogP) is 3.08. The molecule has 0 bridgehead atoms. The molecule has 1 aromatic carbocycles. The van der Waals surface area contributed by atoms with E-state index >= 15 is 0 Å². The first kappa shape index (κ1) is 18.3. The number of aromatic nitrogens is 1. The highest BCUT2D eigenvalue weighted by molar-refractivity contribution is 6.30. The van der Waals surface area contributed by atoms with E-state index in [0.29, 0.717) is 13.1 Å². The smallest absolute Gasteiger partial charge is 0.253 e. The monoisotopic (exact) mass is 376 g/mol. The maximum Gasteiger partial charge on any atom is 0.253 e. The summed E-state index contributed by atoms with van der Waals surface area (Å²) >= 11 is 5.98. The Kier molecular flexibility index (Phi) is 5.52. The molecule has 0 spiro atoms. The van der Waals surface area contributed by atoms with Crippen molar-refractivity contribution in [1.82, 2.24) is 9.47 Å². The number of hydrogen-bond donors (Lipinski definition) is 0. The van der Waals surface area contributed by atoms with Gasteiger partial charge in [0.1, 0.15) is 5.82 Å². The molecule has 3 rings (SSSR count). The number of benzene rings is 1. The Morgan fingerprint density at radius 1 is 1.00 bits per heavy atom. The van der Waals surface area contributed by atoms with Gasteiger partial charge in [0.2, 0.25) is 0 Å². The quantitative estimate of drug-likeness (QED) is 0.608. The van der Waals surface area contributed by atoms with Gasteiger partial charge in [0.25, 0.3) is 11.5 Å². The molecule has 7 heteroatoms. The van der Waals surface area contributed by atoms with Crippen molar-refractivity contribution < 1.29 is 14.0 Å². The Hall–Kier alpha value is -2.47. The van der Waals surface area contributed by atoms with E-state index in [2.05, 4.69) is 0 Å². The van der Waals surface area contributed by atoms with Gasteiger partial charge in [-0.05, 0) is 49.6 Å². The maximum atomic E-state index is 13.2. The van der Waals surface area contributed by atoms with Crippen LogP contribution < -0.4 is 5.56 Å². The van der Waals surface area contributed by atoms with Crippen LogP contribution in [0.1, 0.15) is 35.7 Å². The number of carbonyl (C=O) groups excluding carboxylic acids is 2. The summed E-state index contributed by atoms with van der Waals surface area (Å²) < 4.78 is 14.2. The fourth-order valence-corrected chi connectivity index (χ4v) is 3.26. The molecule has 0 aliphatic carbocycles. The SMILES string of the molecule is O=C(c1ccc(F)cc1)[C@@H](C(=O)N1CCCCC1)n1cc(Cl)ccc1=O. The molecular formula is C19H18ClFN2O3. The molecular weight excluding hydrogens is 359 g/mol. The van der Waals surface area contributed by atoms with Crippen molar-refractivity contribution in [2.24, 2.45) is 0 Å². The van der Waals surface area contributed by atoms with Crippen LogP contribution in [0, 0.1) is 5.82 Å². The minimum absolute atomic E-state index is 0.161. The van der Waals surface area contributed by atoms with Crippen molar-refractivity contribution in [3.63, 3.8) is 0 Å². The van der Waals surface area contributed by atoms with Crippen LogP contribution in [0.5, 0.6) is 0 Å². The Balaban J connectivity index is 2.04. The van der Waals surface area contributed by atoms with Crippen molar-refractivity contribution in [2.45, 2.75) is 25.3 Å². The molecule has 2 heterocycles. The van der Waals surface area contributed by atoms with Crippen molar-refractivity contribution in [3.8, 4) is 0 Å². The first-order valence-electron chi connectivity index (χ1n) is 8.43. The molecule has 0 unspecified atom stereocenters. The van der Waals surface area contributed by atoms with Crippen LogP contribution in [0.15, 0.2) is 47.4 Å². The van der Waals surface area contributed by atoms with Crippen LogP contribution >= 0.6 is 11.6 Å². The van der Waals surface area contributed by atoms with Gasteiger partial charge in [0.05, 0.1) is 5.02 Å². The topological polar surface area (TPSA) is 59.4 Å². The molecule has 1 fully saturated rings. The first-order valence-corrected chi connectivity index (χ1v) is 8.81. The lowest BCUT2D eigenvalue weighted by atomic mass is 10.0. The third kappa shape index (κ3) is 3.85. The molecule has 1 aliphatic rings. The minimum Gasteiger partial charge on any atom is -0.340 e. The maximum absolute atomic E-state index is 13.2. The number of piperidine rings is 1. The summed E-state index contributed by atoms with van der Waals surface area (Å²) in [7, 11) is 0. The van der Waals surface area contributed by atoms with Gasteiger partial charge in [-0.1, -0.05) is 11.6 Å².